The van der Waals surface area contributed by atoms with Gasteiger partial charge in [-0.1, -0.05) is 64.4 Å². The highest BCUT2D eigenvalue weighted by Crippen LogP contribution is 2.43. The molecule has 1 aromatic heterocycles. The molecule has 0 aliphatic carbocycles. The van der Waals surface area contributed by atoms with Crippen molar-refractivity contribution in [2.45, 2.75) is 58.9 Å². The largest absolute Gasteiger partial charge is 0.507 e. The summed E-state index contributed by atoms with van der Waals surface area (Å²) in [5, 5.41) is 12.6. The number of aliphatic hydroxyl groups excluding tert-OH is 1. The number of unbranched alkanes of at least 4 members (excludes halogenated alkanes) is 1. The van der Waals surface area contributed by atoms with Crippen molar-refractivity contribution in [3.63, 3.8) is 0 Å². The fourth-order valence-corrected chi connectivity index (χ4v) is 4.84. The molecule has 1 N–H and O–H groups in total. The van der Waals surface area contributed by atoms with Gasteiger partial charge in [0.2, 0.25) is 0 Å². The Bertz CT molecular complexity index is 1310. The van der Waals surface area contributed by atoms with Gasteiger partial charge in [0, 0.05) is 41.8 Å². The number of hydrogen-bond donors (Lipinski definition) is 1. The molecule has 178 valence electrons. The summed E-state index contributed by atoms with van der Waals surface area (Å²) in [5.74, 6) is -1.26. The van der Waals surface area contributed by atoms with E-state index in [-0.39, 0.29) is 16.7 Å². The Morgan fingerprint density at radius 3 is 2.47 bits per heavy atom. The topological polar surface area (TPSA) is 62.5 Å². The number of benzene rings is 2. The third-order valence-electron chi connectivity index (χ3n) is 6.87. The average Bonchev–Trinajstić information content (AvgIpc) is 3.25. The minimum Gasteiger partial charge on any atom is -0.507 e. The van der Waals surface area contributed by atoms with E-state index < -0.39 is 17.7 Å². The number of likely N-dealkylation sites (tertiary alicyclic amines) is 1. The van der Waals surface area contributed by atoms with Gasteiger partial charge in [-0.15, -0.1) is 0 Å². The molecule has 5 nitrogen and oxygen atoms in total. The summed E-state index contributed by atoms with van der Waals surface area (Å²) >= 11 is 0. The van der Waals surface area contributed by atoms with Gasteiger partial charge in [0.15, 0.2) is 0 Å². The molecular weight excluding hydrogens is 424 g/mol. The van der Waals surface area contributed by atoms with Crippen molar-refractivity contribution in [3.05, 3.63) is 76.5 Å². The van der Waals surface area contributed by atoms with E-state index in [0.29, 0.717) is 12.1 Å². The van der Waals surface area contributed by atoms with Crippen LogP contribution >= 0.6 is 0 Å². The van der Waals surface area contributed by atoms with E-state index in [9.17, 15) is 14.7 Å². The zero-order valence-corrected chi connectivity index (χ0v) is 21.0. The van der Waals surface area contributed by atoms with E-state index in [1.165, 1.54) is 0 Å². The van der Waals surface area contributed by atoms with E-state index in [4.69, 9.17) is 0 Å². The quantitative estimate of drug-likeness (QED) is 0.289. The number of Topliss-reactive ketones (excluding diaryl/α,β-unsaturated/α-hetero) is 1. The van der Waals surface area contributed by atoms with E-state index in [1.807, 2.05) is 67.2 Å². The molecule has 4 rings (SSSR count). The van der Waals surface area contributed by atoms with Crippen LogP contribution < -0.4 is 0 Å². The standard InChI is InChI=1S/C29H34N2O3/c1-7-8-15-31-25(22-17-30(6)23-12-10-9-11-20(22)23)24(27(33)28(31)34)26(32)21-16-19(29(3,4)5)14-13-18(21)2/h9-14,16-17,25,32H,7-8,15H2,1-6H3/b26-24+. The highest BCUT2D eigenvalue weighted by molar-refractivity contribution is 6.46. The lowest BCUT2D eigenvalue weighted by molar-refractivity contribution is -0.139. The number of aliphatic hydroxyl groups is 1. The monoisotopic (exact) mass is 458 g/mol. The number of carbonyl (C=O) groups excluding carboxylic acids is 2. The van der Waals surface area contributed by atoms with Crippen molar-refractivity contribution >= 4 is 28.4 Å². The number of hydrogen-bond acceptors (Lipinski definition) is 3. The molecule has 1 fully saturated rings. The molecule has 5 heteroatoms. The molecule has 0 bridgehead atoms. The molecule has 2 aromatic carbocycles. The number of para-hydroxylation sites is 1. The normalized spacial score (nSPS) is 18.3. The van der Waals surface area contributed by atoms with Crippen LogP contribution in [-0.2, 0) is 22.1 Å². The Hall–Kier alpha value is -3.34. The Labute approximate surface area is 201 Å². The number of rotatable bonds is 5. The molecule has 0 radical (unpaired) electrons. The van der Waals surface area contributed by atoms with Gasteiger partial charge in [-0.2, -0.15) is 0 Å². The first-order valence-electron chi connectivity index (χ1n) is 12.0. The van der Waals surface area contributed by atoms with Crippen LogP contribution in [0.5, 0.6) is 0 Å². The summed E-state index contributed by atoms with van der Waals surface area (Å²) in [6, 6.07) is 13.3. The zero-order chi connectivity index (χ0) is 24.8. The van der Waals surface area contributed by atoms with Gasteiger partial charge in [-0.3, -0.25) is 9.59 Å². The second kappa shape index (κ2) is 8.79. The minimum atomic E-state index is -0.629. The number of carbonyl (C=O) groups is 2. The van der Waals surface area contributed by atoms with Crippen molar-refractivity contribution in [1.29, 1.82) is 0 Å². The minimum absolute atomic E-state index is 0.0983. The Balaban J connectivity index is 1.98. The average molecular weight is 459 g/mol. The van der Waals surface area contributed by atoms with Crippen LogP contribution in [0.25, 0.3) is 16.7 Å². The van der Waals surface area contributed by atoms with Crippen LogP contribution in [0.3, 0.4) is 0 Å². The first kappa shape index (κ1) is 23.8. The third-order valence-corrected chi connectivity index (χ3v) is 6.87. The second-order valence-corrected chi connectivity index (χ2v) is 10.3. The summed E-state index contributed by atoms with van der Waals surface area (Å²) in [7, 11) is 1.96. The van der Waals surface area contributed by atoms with Crippen molar-refractivity contribution < 1.29 is 14.7 Å². The number of nitrogens with zero attached hydrogens (tertiary/aromatic N) is 2. The maximum atomic E-state index is 13.4. The Morgan fingerprint density at radius 1 is 1.09 bits per heavy atom. The third kappa shape index (κ3) is 3.93. The smallest absolute Gasteiger partial charge is 0.295 e. The van der Waals surface area contributed by atoms with Crippen molar-refractivity contribution in [3.8, 4) is 0 Å². The number of aryl methyl sites for hydroxylation is 2. The highest BCUT2D eigenvalue weighted by Gasteiger charge is 2.46. The van der Waals surface area contributed by atoms with Gasteiger partial charge in [0.05, 0.1) is 11.6 Å². The number of aromatic nitrogens is 1. The summed E-state index contributed by atoms with van der Waals surface area (Å²) in [6.45, 7) is 10.8. The Kier molecular flexibility index (Phi) is 6.15. The summed E-state index contributed by atoms with van der Waals surface area (Å²) < 4.78 is 2.01. The maximum absolute atomic E-state index is 13.4. The SMILES string of the molecule is CCCCN1C(=O)C(=O)/C(=C(/O)c2cc(C(C)(C)C)ccc2C)C1c1cn(C)c2ccccc12. The van der Waals surface area contributed by atoms with Gasteiger partial charge in [0.25, 0.3) is 11.7 Å². The summed E-state index contributed by atoms with van der Waals surface area (Å²) in [4.78, 5) is 28.3. The van der Waals surface area contributed by atoms with Crippen LogP contribution in [0.1, 0.15) is 68.8 Å². The number of fused-ring (bicyclic) bond motifs is 1. The van der Waals surface area contributed by atoms with E-state index in [0.717, 1.165) is 40.4 Å². The van der Waals surface area contributed by atoms with E-state index >= 15 is 0 Å². The lowest BCUT2D eigenvalue weighted by atomic mass is 9.84. The molecule has 34 heavy (non-hydrogen) atoms. The Morgan fingerprint density at radius 2 is 1.79 bits per heavy atom. The molecule has 1 aliphatic rings. The molecule has 0 saturated carbocycles. The predicted molar refractivity (Wildman–Crippen MR) is 137 cm³/mol. The molecule has 0 spiro atoms. The number of amides is 1. The van der Waals surface area contributed by atoms with Crippen molar-refractivity contribution in [2.75, 3.05) is 6.54 Å². The molecule has 2 heterocycles. The molecule has 1 saturated heterocycles. The van der Waals surface area contributed by atoms with Gasteiger partial charge in [0.1, 0.15) is 5.76 Å². The van der Waals surface area contributed by atoms with Crippen molar-refractivity contribution in [2.24, 2.45) is 7.05 Å². The first-order valence-corrected chi connectivity index (χ1v) is 12.0. The molecule has 1 atom stereocenters. The van der Waals surface area contributed by atoms with Crippen LogP contribution in [-0.4, -0.2) is 32.8 Å². The highest BCUT2D eigenvalue weighted by atomic mass is 16.3. The maximum Gasteiger partial charge on any atom is 0.295 e. The molecule has 3 aromatic rings. The summed E-state index contributed by atoms with van der Waals surface area (Å²) in [6.07, 6.45) is 3.66. The number of ketones is 1. The first-order chi connectivity index (χ1) is 16.1. The second-order valence-electron chi connectivity index (χ2n) is 10.3. The molecule has 1 aliphatic heterocycles. The van der Waals surface area contributed by atoms with Gasteiger partial charge in [-0.25, -0.2) is 0 Å². The van der Waals surface area contributed by atoms with E-state index in [2.05, 4.69) is 27.7 Å². The van der Waals surface area contributed by atoms with Gasteiger partial charge in [-0.05, 0) is 42.0 Å². The van der Waals surface area contributed by atoms with Crippen molar-refractivity contribution in [1.82, 2.24) is 9.47 Å². The zero-order valence-electron chi connectivity index (χ0n) is 21.0. The molecule has 1 amide bonds. The fourth-order valence-electron chi connectivity index (χ4n) is 4.84. The van der Waals surface area contributed by atoms with Crippen LogP contribution in [0.2, 0.25) is 0 Å². The van der Waals surface area contributed by atoms with Crippen LogP contribution in [0.15, 0.2) is 54.2 Å². The van der Waals surface area contributed by atoms with Crippen LogP contribution in [0.4, 0.5) is 0 Å². The van der Waals surface area contributed by atoms with Gasteiger partial charge >= 0.3 is 0 Å². The van der Waals surface area contributed by atoms with E-state index in [1.54, 1.807) is 4.90 Å². The molecule has 1 unspecified atom stereocenters. The summed E-state index contributed by atoms with van der Waals surface area (Å²) in [5.41, 5.74) is 4.45. The lowest BCUT2D eigenvalue weighted by Gasteiger charge is -2.25. The van der Waals surface area contributed by atoms with Crippen LogP contribution in [0, 0.1) is 6.92 Å². The predicted octanol–water partition coefficient (Wildman–Crippen LogP) is 6.01. The molecular formula is C29H34N2O3. The van der Waals surface area contributed by atoms with Gasteiger partial charge < -0.3 is 14.6 Å². The fraction of sp³-hybridized carbons (Fsp3) is 0.379. The lowest BCUT2D eigenvalue weighted by Crippen LogP contribution is -2.30.